The van der Waals surface area contributed by atoms with Gasteiger partial charge in [-0.25, -0.2) is 4.98 Å². The smallest absolute Gasteiger partial charge is 0.130 e. The van der Waals surface area contributed by atoms with Gasteiger partial charge in [0.25, 0.3) is 0 Å². The largest absolute Gasteiger partial charge is 0.399 e. The zero-order valence-corrected chi connectivity index (χ0v) is 9.53. The molecule has 1 aliphatic heterocycles. The third kappa shape index (κ3) is 2.41. The van der Waals surface area contributed by atoms with E-state index in [0.29, 0.717) is 5.41 Å². The first-order chi connectivity index (χ1) is 7.07. The summed E-state index contributed by atoms with van der Waals surface area (Å²) in [7, 11) is 0. The van der Waals surface area contributed by atoms with Crippen molar-refractivity contribution in [3.63, 3.8) is 0 Å². The normalized spacial score (nSPS) is 20.3. The molecule has 0 spiro atoms. The van der Waals surface area contributed by atoms with Gasteiger partial charge in [-0.2, -0.15) is 0 Å². The maximum atomic E-state index is 5.77. The van der Waals surface area contributed by atoms with Crippen LogP contribution in [0.15, 0.2) is 18.3 Å². The minimum absolute atomic E-state index is 0.393. The molecule has 0 amide bonds. The predicted molar refractivity (Wildman–Crippen MR) is 63.9 cm³/mol. The average molecular weight is 205 g/mol. The van der Waals surface area contributed by atoms with Gasteiger partial charge >= 0.3 is 0 Å². The highest BCUT2D eigenvalue weighted by Gasteiger charge is 2.26. The number of piperidine rings is 1. The van der Waals surface area contributed by atoms with Crippen molar-refractivity contribution in [2.75, 3.05) is 23.7 Å². The van der Waals surface area contributed by atoms with Crippen LogP contribution < -0.4 is 10.6 Å². The summed E-state index contributed by atoms with van der Waals surface area (Å²) in [5, 5.41) is 0. The minimum atomic E-state index is 0.393. The molecule has 82 valence electrons. The Hall–Kier alpha value is -1.25. The summed E-state index contributed by atoms with van der Waals surface area (Å²) >= 11 is 0. The monoisotopic (exact) mass is 205 g/mol. The van der Waals surface area contributed by atoms with E-state index in [9.17, 15) is 0 Å². The van der Waals surface area contributed by atoms with Gasteiger partial charge in [0.1, 0.15) is 5.82 Å². The highest BCUT2D eigenvalue weighted by atomic mass is 15.2. The highest BCUT2D eigenvalue weighted by molar-refractivity contribution is 5.50. The molecule has 1 fully saturated rings. The van der Waals surface area contributed by atoms with E-state index in [-0.39, 0.29) is 0 Å². The van der Waals surface area contributed by atoms with Crippen LogP contribution >= 0.6 is 0 Å². The Labute approximate surface area is 91.3 Å². The fourth-order valence-electron chi connectivity index (χ4n) is 2.23. The lowest BCUT2D eigenvalue weighted by Crippen LogP contribution is -2.40. The van der Waals surface area contributed by atoms with Crippen LogP contribution in [0.1, 0.15) is 26.7 Å². The van der Waals surface area contributed by atoms with E-state index < -0.39 is 0 Å². The van der Waals surface area contributed by atoms with Crippen LogP contribution in [0.4, 0.5) is 11.5 Å². The molecular formula is C12H19N3. The summed E-state index contributed by atoms with van der Waals surface area (Å²) < 4.78 is 0. The third-order valence-corrected chi connectivity index (χ3v) is 2.99. The molecule has 2 heterocycles. The predicted octanol–water partition coefficient (Wildman–Crippen LogP) is 2.29. The molecule has 0 radical (unpaired) electrons. The van der Waals surface area contributed by atoms with Gasteiger partial charge in [-0.05, 0) is 24.3 Å². The molecule has 3 heteroatoms. The standard InChI is InChI=1S/C12H19N3/c1-12(2)5-3-7-15(9-12)11-8-10(13)4-6-14-11/h4,6,8H,3,5,7,9H2,1-2H3,(H2,13,14). The van der Waals surface area contributed by atoms with E-state index >= 15 is 0 Å². The molecule has 0 saturated carbocycles. The number of anilines is 2. The number of hydrogen-bond donors (Lipinski definition) is 1. The molecule has 1 aromatic heterocycles. The number of pyridine rings is 1. The van der Waals surface area contributed by atoms with Gasteiger partial charge in [0.2, 0.25) is 0 Å². The lowest BCUT2D eigenvalue weighted by molar-refractivity contribution is 0.292. The van der Waals surface area contributed by atoms with E-state index in [4.69, 9.17) is 5.73 Å². The Morgan fingerprint density at radius 2 is 2.27 bits per heavy atom. The van der Waals surface area contributed by atoms with Crippen LogP contribution in [-0.2, 0) is 0 Å². The second-order valence-corrected chi connectivity index (χ2v) is 5.14. The van der Waals surface area contributed by atoms with Crippen LogP contribution in [0.3, 0.4) is 0 Å². The average Bonchev–Trinajstić information content (AvgIpc) is 2.16. The summed E-state index contributed by atoms with van der Waals surface area (Å²) in [6.45, 7) is 6.79. The van der Waals surface area contributed by atoms with Crippen molar-refractivity contribution >= 4 is 11.5 Å². The number of rotatable bonds is 1. The maximum absolute atomic E-state index is 5.77. The van der Waals surface area contributed by atoms with Gasteiger partial charge in [0.05, 0.1) is 0 Å². The summed E-state index contributed by atoms with van der Waals surface area (Å²) in [5.41, 5.74) is 6.95. The summed E-state index contributed by atoms with van der Waals surface area (Å²) in [5.74, 6) is 1.02. The van der Waals surface area contributed by atoms with Crippen LogP contribution in [0.25, 0.3) is 0 Å². The number of nitrogens with zero attached hydrogens (tertiary/aromatic N) is 2. The van der Waals surface area contributed by atoms with E-state index in [1.807, 2.05) is 12.1 Å². The van der Waals surface area contributed by atoms with Crippen molar-refractivity contribution in [3.05, 3.63) is 18.3 Å². The third-order valence-electron chi connectivity index (χ3n) is 2.99. The van der Waals surface area contributed by atoms with Crippen molar-refractivity contribution in [1.82, 2.24) is 4.98 Å². The van der Waals surface area contributed by atoms with Crippen LogP contribution in [-0.4, -0.2) is 18.1 Å². The van der Waals surface area contributed by atoms with E-state index in [1.165, 1.54) is 12.8 Å². The highest BCUT2D eigenvalue weighted by Crippen LogP contribution is 2.30. The molecule has 0 unspecified atom stereocenters. The molecule has 3 nitrogen and oxygen atoms in total. The molecule has 0 aliphatic carbocycles. The minimum Gasteiger partial charge on any atom is -0.399 e. The van der Waals surface area contributed by atoms with E-state index in [2.05, 4.69) is 23.7 Å². The van der Waals surface area contributed by atoms with Crippen molar-refractivity contribution in [2.45, 2.75) is 26.7 Å². The molecule has 1 aliphatic rings. The second-order valence-electron chi connectivity index (χ2n) is 5.14. The maximum Gasteiger partial charge on any atom is 0.130 e. The fourth-order valence-corrected chi connectivity index (χ4v) is 2.23. The van der Waals surface area contributed by atoms with Crippen molar-refractivity contribution in [1.29, 1.82) is 0 Å². The Morgan fingerprint density at radius 3 is 2.93 bits per heavy atom. The molecule has 15 heavy (non-hydrogen) atoms. The Kier molecular flexibility index (Phi) is 2.55. The lowest BCUT2D eigenvalue weighted by Gasteiger charge is -2.38. The molecule has 0 atom stereocenters. The Morgan fingerprint density at radius 1 is 1.47 bits per heavy atom. The number of nitrogen functional groups attached to an aromatic ring is 1. The lowest BCUT2D eigenvalue weighted by atomic mass is 9.84. The van der Waals surface area contributed by atoms with Gasteiger partial charge in [0.15, 0.2) is 0 Å². The van der Waals surface area contributed by atoms with Crippen LogP contribution in [0.2, 0.25) is 0 Å². The molecule has 2 N–H and O–H groups in total. The Bertz CT molecular complexity index is 346. The zero-order chi connectivity index (χ0) is 10.9. The van der Waals surface area contributed by atoms with Crippen molar-refractivity contribution in [2.24, 2.45) is 5.41 Å². The summed E-state index contributed by atoms with van der Waals surface area (Å²) in [6.07, 6.45) is 4.32. The first-order valence-electron chi connectivity index (χ1n) is 5.53. The summed E-state index contributed by atoms with van der Waals surface area (Å²) in [4.78, 5) is 6.71. The summed E-state index contributed by atoms with van der Waals surface area (Å²) in [6, 6.07) is 3.79. The SMILES string of the molecule is CC1(C)CCCN(c2cc(N)ccn2)C1. The topological polar surface area (TPSA) is 42.1 Å². The van der Waals surface area contributed by atoms with Gasteiger partial charge in [-0.15, -0.1) is 0 Å². The van der Waals surface area contributed by atoms with Gasteiger partial charge < -0.3 is 10.6 Å². The fraction of sp³-hybridized carbons (Fsp3) is 0.583. The molecular weight excluding hydrogens is 186 g/mol. The van der Waals surface area contributed by atoms with Crippen molar-refractivity contribution < 1.29 is 0 Å². The quantitative estimate of drug-likeness (QED) is 0.765. The van der Waals surface area contributed by atoms with E-state index in [1.54, 1.807) is 6.20 Å². The van der Waals surface area contributed by atoms with Gasteiger partial charge in [-0.3, -0.25) is 0 Å². The van der Waals surface area contributed by atoms with Crippen LogP contribution in [0, 0.1) is 5.41 Å². The molecule has 1 saturated heterocycles. The number of hydrogen-bond acceptors (Lipinski definition) is 3. The molecule has 2 rings (SSSR count). The molecule has 1 aromatic rings. The second kappa shape index (κ2) is 3.72. The van der Waals surface area contributed by atoms with E-state index in [0.717, 1.165) is 24.6 Å². The first-order valence-corrected chi connectivity index (χ1v) is 5.53. The first kappa shape index (κ1) is 10.3. The van der Waals surface area contributed by atoms with Crippen LogP contribution in [0.5, 0.6) is 0 Å². The van der Waals surface area contributed by atoms with Gasteiger partial charge in [0, 0.05) is 31.0 Å². The zero-order valence-electron chi connectivity index (χ0n) is 9.53. The van der Waals surface area contributed by atoms with Gasteiger partial charge in [-0.1, -0.05) is 13.8 Å². The number of nitrogens with two attached hydrogens (primary N) is 1. The Balaban J connectivity index is 2.17. The molecule has 0 aromatic carbocycles. The van der Waals surface area contributed by atoms with Crippen molar-refractivity contribution in [3.8, 4) is 0 Å². The number of aromatic nitrogens is 1. The molecule has 0 bridgehead atoms.